The number of rotatable bonds is 3. The minimum absolute atomic E-state index is 0.0991. The van der Waals surface area contributed by atoms with Crippen LogP contribution in [-0.2, 0) is 9.59 Å². The number of halogens is 1. The van der Waals surface area contributed by atoms with E-state index >= 15 is 0 Å². The van der Waals surface area contributed by atoms with Crippen molar-refractivity contribution < 1.29 is 9.59 Å². The molecule has 0 aromatic heterocycles. The lowest BCUT2D eigenvalue weighted by Gasteiger charge is -2.28. The Morgan fingerprint density at radius 3 is 2.81 bits per heavy atom. The van der Waals surface area contributed by atoms with Crippen LogP contribution in [0.4, 0.5) is 5.69 Å². The molecular weight excluding hydrogens is 382 g/mol. The Kier molecular flexibility index (Phi) is 5.18. The molecule has 0 saturated carbocycles. The third-order valence-corrected chi connectivity index (χ3v) is 5.97. The van der Waals surface area contributed by atoms with Gasteiger partial charge in [-0.3, -0.25) is 9.59 Å². The number of fused-ring (bicyclic) bond motifs is 1. The summed E-state index contributed by atoms with van der Waals surface area (Å²) in [4.78, 5) is 26.2. The second-order valence-corrected chi connectivity index (χ2v) is 8.01. The van der Waals surface area contributed by atoms with Crippen LogP contribution in [-0.4, -0.2) is 23.3 Å². The topological polar surface area (TPSA) is 61.8 Å². The van der Waals surface area contributed by atoms with Gasteiger partial charge in [0.2, 0.25) is 5.91 Å². The minimum Gasteiger partial charge on any atom is -0.344 e. The molecule has 0 unspecified atom stereocenters. The molecule has 7 heteroatoms. The number of nitrogens with zero attached hydrogens (tertiary/aromatic N) is 2. The number of anilines is 1. The zero-order valence-corrected chi connectivity index (χ0v) is 16.1. The van der Waals surface area contributed by atoms with Crippen LogP contribution in [0.1, 0.15) is 30.9 Å². The molecule has 2 aromatic carbocycles. The fourth-order valence-corrected chi connectivity index (χ4v) is 4.53. The highest BCUT2D eigenvalue weighted by Crippen LogP contribution is 2.37. The third kappa shape index (κ3) is 3.87. The van der Waals surface area contributed by atoms with Gasteiger partial charge in [-0.25, -0.2) is 5.01 Å². The average Bonchev–Trinajstić information content (AvgIpc) is 2.69. The quantitative estimate of drug-likeness (QED) is 0.842. The number of hydrogen-bond donors (Lipinski definition) is 1. The Hall–Kier alpha value is -2.31. The van der Waals surface area contributed by atoms with Crippen molar-refractivity contribution in [1.82, 2.24) is 5.32 Å². The van der Waals surface area contributed by atoms with Gasteiger partial charge in [0.05, 0.1) is 11.7 Å². The minimum atomic E-state index is -0.230. The van der Waals surface area contributed by atoms with Crippen molar-refractivity contribution >= 4 is 46.6 Å². The van der Waals surface area contributed by atoms with E-state index in [1.807, 2.05) is 36.4 Å². The molecule has 0 fully saturated rings. The predicted octanol–water partition coefficient (Wildman–Crippen LogP) is 4.18. The number of thioether (sulfide) groups is 1. The lowest BCUT2D eigenvalue weighted by Crippen LogP contribution is -2.41. The van der Waals surface area contributed by atoms with Crippen LogP contribution >= 0.6 is 23.4 Å². The molecule has 0 aliphatic carbocycles. The Morgan fingerprint density at radius 1 is 1.19 bits per heavy atom. The highest BCUT2D eigenvalue weighted by Gasteiger charge is 2.28. The molecule has 2 aliphatic rings. The summed E-state index contributed by atoms with van der Waals surface area (Å²) in [6.07, 6.45) is 1.44. The monoisotopic (exact) mass is 399 g/mol. The summed E-state index contributed by atoms with van der Waals surface area (Å²) >= 11 is 7.91. The highest BCUT2D eigenvalue weighted by molar-refractivity contribution is 7.99. The molecule has 1 atom stereocenters. The van der Waals surface area contributed by atoms with E-state index in [1.165, 1.54) is 5.01 Å². The Balaban J connectivity index is 1.55. The summed E-state index contributed by atoms with van der Waals surface area (Å²) < 4.78 is 0. The highest BCUT2D eigenvalue weighted by atomic mass is 35.5. The second kappa shape index (κ2) is 7.74. The molecule has 138 valence electrons. The van der Waals surface area contributed by atoms with Gasteiger partial charge in [0.15, 0.2) is 0 Å². The van der Waals surface area contributed by atoms with Crippen molar-refractivity contribution in [1.29, 1.82) is 0 Å². The molecule has 0 radical (unpaired) electrons. The van der Waals surface area contributed by atoms with Gasteiger partial charge >= 0.3 is 0 Å². The first-order chi connectivity index (χ1) is 13.1. The van der Waals surface area contributed by atoms with Crippen LogP contribution < -0.4 is 10.3 Å². The van der Waals surface area contributed by atoms with Gasteiger partial charge in [-0.05, 0) is 42.3 Å². The lowest BCUT2D eigenvalue weighted by molar-refractivity contribution is -0.119. The van der Waals surface area contributed by atoms with Crippen molar-refractivity contribution in [2.45, 2.75) is 30.2 Å². The van der Waals surface area contributed by atoms with Crippen molar-refractivity contribution in [3.8, 4) is 0 Å². The number of carbonyl (C=O) groups is 2. The first kappa shape index (κ1) is 18.1. The van der Waals surface area contributed by atoms with E-state index in [0.717, 1.165) is 22.6 Å². The zero-order valence-electron chi connectivity index (χ0n) is 14.5. The number of amides is 2. The van der Waals surface area contributed by atoms with Gasteiger partial charge in [-0.2, -0.15) is 5.10 Å². The molecule has 0 saturated heterocycles. The molecule has 4 rings (SSSR count). The Labute approximate surface area is 166 Å². The first-order valence-electron chi connectivity index (χ1n) is 8.80. The van der Waals surface area contributed by atoms with Crippen LogP contribution in [0.3, 0.4) is 0 Å². The van der Waals surface area contributed by atoms with Gasteiger partial charge in [0.25, 0.3) is 5.91 Å². The van der Waals surface area contributed by atoms with Gasteiger partial charge in [0.1, 0.15) is 5.71 Å². The normalized spacial score (nSPS) is 19.3. The standard InChI is InChI=1S/C20H18ClN3O2S/c21-13-6-8-18-15(12-13)16(10-11-27-18)22-20(26)17-7-9-19(25)24(23-17)14-4-2-1-3-5-14/h1-6,8,12,16H,7,9-11H2,(H,22,26)/t16-/m0/s1. The van der Waals surface area contributed by atoms with E-state index in [1.54, 1.807) is 23.9 Å². The maximum atomic E-state index is 12.8. The maximum Gasteiger partial charge on any atom is 0.267 e. The summed E-state index contributed by atoms with van der Waals surface area (Å²) in [5.41, 5.74) is 2.08. The fraction of sp³-hybridized carbons (Fsp3) is 0.250. The van der Waals surface area contributed by atoms with Crippen LogP contribution in [0, 0.1) is 0 Å². The van der Waals surface area contributed by atoms with Gasteiger partial charge in [-0.15, -0.1) is 11.8 Å². The van der Waals surface area contributed by atoms with Crippen LogP contribution in [0.5, 0.6) is 0 Å². The number of hydrazone groups is 1. The van der Waals surface area contributed by atoms with E-state index in [4.69, 9.17) is 11.6 Å². The van der Waals surface area contributed by atoms with Crippen LogP contribution in [0.15, 0.2) is 58.5 Å². The molecule has 2 amide bonds. The van der Waals surface area contributed by atoms with E-state index in [0.29, 0.717) is 22.8 Å². The number of carbonyl (C=O) groups excluding carboxylic acids is 2. The van der Waals surface area contributed by atoms with Crippen molar-refractivity contribution in [2.24, 2.45) is 5.10 Å². The molecule has 5 nitrogen and oxygen atoms in total. The Morgan fingerprint density at radius 2 is 2.00 bits per heavy atom. The van der Waals surface area contributed by atoms with Crippen molar-refractivity contribution in [3.05, 3.63) is 59.1 Å². The summed E-state index contributed by atoms with van der Waals surface area (Å²) in [7, 11) is 0. The summed E-state index contributed by atoms with van der Waals surface area (Å²) in [5, 5.41) is 9.39. The second-order valence-electron chi connectivity index (χ2n) is 6.43. The molecule has 2 aliphatic heterocycles. The fourth-order valence-electron chi connectivity index (χ4n) is 3.24. The molecule has 27 heavy (non-hydrogen) atoms. The number of nitrogens with one attached hydrogen (secondary N) is 1. The molecule has 0 bridgehead atoms. The Bertz CT molecular complexity index is 917. The van der Waals surface area contributed by atoms with Gasteiger partial charge in [-0.1, -0.05) is 29.8 Å². The van der Waals surface area contributed by atoms with Crippen molar-refractivity contribution in [3.63, 3.8) is 0 Å². The van der Waals surface area contributed by atoms with Crippen LogP contribution in [0.2, 0.25) is 5.02 Å². The van der Waals surface area contributed by atoms with E-state index in [9.17, 15) is 9.59 Å². The largest absolute Gasteiger partial charge is 0.344 e. The summed E-state index contributed by atoms with van der Waals surface area (Å²) in [6, 6.07) is 14.8. The number of para-hydroxylation sites is 1. The summed E-state index contributed by atoms with van der Waals surface area (Å²) in [5.74, 6) is 0.593. The van der Waals surface area contributed by atoms with Gasteiger partial charge < -0.3 is 5.32 Å². The molecule has 1 N–H and O–H groups in total. The molecule has 0 spiro atoms. The predicted molar refractivity (Wildman–Crippen MR) is 108 cm³/mol. The number of hydrogen-bond acceptors (Lipinski definition) is 4. The molecule has 2 heterocycles. The molecule has 2 aromatic rings. The lowest BCUT2D eigenvalue weighted by atomic mass is 10.0. The smallest absolute Gasteiger partial charge is 0.267 e. The SMILES string of the molecule is O=C(N[C@H]1CCSc2ccc(Cl)cc21)C1=NN(c2ccccc2)C(=O)CC1. The van der Waals surface area contributed by atoms with Crippen LogP contribution in [0.25, 0.3) is 0 Å². The number of benzene rings is 2. The van der Waals surface area contributed by atoms with E-state index in [-0.39, 0.29) is 24.3 Å². The zero-order chi connectivity index (χ0) is 18.8. The third-order valence-electron chi connectivity index (χ3n) is 4.61. The summed E-state index contributed by atoms with van der Waals surface area (Å²) in [6.45, 7) is 0. The first-order valence-corrected chi connectivity index (χ1v) is 10.2. The average molecular weight is 400 g/mol. The van der Waals surface area contributed by atoms with Crippen molar-refractivity contribution in [2.75, 3.05) is 10.8 Å². The maximum absolute atomic E-state index is 12.8. The van der Waals surface area contributed by atoms with E-state index < -0.39 is 0 Å². The molecular formula is C20H18ClN3O2S. The van der Waals surface area contributed by atoms with Gasteiger partial charge in [0, 0.05) is 28.5 Å². The van der Waals surface area contributed by atoms with E-state index in [2.05, 4.69) is 10.4 Å².